The molecule has 2 bridgehead atoms. The maximum absolute atomic E-state index is 5.83. The molecule has 2 atom stereocenters. The van der Waals surface area contributed by atoms with Crippen LogP contribution in [0.15, 0.2) is 4.42 Å². The molecule has 0 spiro atoms. The van der Waals surface area contributed by atoms with Gasteiger partial charge in [0, 0.05) is 31.1 Å². The van der Waals surface area contributed by atoms with Crippen molar-refractivity contribution in [3.63, 3.8) is 0 Å². The van der Waals surface area contributed by atoms with Gasteiger partial charge in [0.05, 0.1) is 0 Å². The molecule has 2 saturated heterocycles. The van der Waals surface area contributed by atoms with Gasteiger partial charge in [0.15, 0.2) is 0 Å². The van der Waals surface area contributed by atoms with Crippen LogP contribution in [0.1, 0.15) is 43.9 Å². The minimum atomic E-state index is 0.553. The smallest absolute Gasteiger partial charge is 0.318 e. The molecule has 5 nitrogen and oxygen atoms in total. The Balaban J connectivity index is 1.53. The van der Waals surface area contributed by atoms with Gasteiger partial charge in [0.25, 0.3) is 0 Å². The summed E-state index contributed by atoms with van der Waals surface area (Å²) in [6.07, 6.45) is 6.31. The summed E-state index contributed by atoms with van der Waals surface area (Å²) in [5, 5.41) is 8.44. The normalized spacial score (nSPS) is 32.8. The van der Waals surface area contributed by atoms with Gasteiger partial charge in [-0.25, -0.2) is 0 Å². The largest absolute Gasteiger partial charge is 0.408 e. The summed E-state index contributed by atoms with van der Waals surface area (Å²) in [4.78, 5) is 4.83. The zero-order valence-corrected chi connectivity index (χ0v) is 10.9. The third-order valence-corrected chi connectivity index (χ3v) is 4.78. The maximum atomic E-state index is 5.83. The van der Waals surface area contributed by atoms with Gasteiger partial charge < -0.3 is 9.32 Å². The molecular formula is C13H20N4O. The third-order valence-electron chi connectivity index (χ3n) is 4.78. The molecule has 0 amide bonds. The lowest BCUT2D eigenvalue weighted by molar-refractivity contribution is 0.254. The zero-order valence-electron chi connectivity index (χ0n) is 10.9. The van der Waals surface area contributed by atoms with E-state index in [1.54, 1.807) is 0 Å². The van der Waals surface area contributed by atoms with Crippen molar-refractivity contribution in [1.82, 2.24) is 15.1 Å². The molecule has 4 rings (SSSR count). The minimum Gasteiger partial charge on any atom is -0.408 e. The first-order valence-corrected chi connectivity index (χ1v) is 7.11. The van der Waals surface area contributed by atoms with E-state index in [4.69, 9.17) is 4.42 Å². The summed E-state index contributed by atoms with van der Waals surface area (Å²) < 4.78 is 5.83. The minimum absolute atomic E-state index is 0.553. The Kier molecular flexibility index (Phi) is 2.37. The SMILES string of the molecule is CN1[C@@H]2CC[C@H]1CN(c1nnc(C3CC3)o1)CC2. The highest BCUT2D eigenvalue weighted by atomic mass is 16.4. The van der Waals surface area contributed by atoms with E-state index in [2.05, 4.69) is 27.0 Å². The molecule has 0 N–H and O–H groups in total. The van der Waals surface area contributed by atoms with Gasteiger partial charge in [-0.1, -0.05) is 5.10 Å². The lowest BCUT2D eigenvalue weighted by Gasteiger charge is -2.24. The van der Waals surface area contributed by atoms with Crippen molar-refractivity contribution in [3.05, 3.63) is 5.89 Å². The van der Waals surface area contributed by atoms with E-state index in [0.29, 0.717) is 12.0 Å². The van der Waals surface area contributed by atoms with Crippen molar-refractivity contribution < 1.29 is 4.42 Å². The molecule has 1 aromatic rings. The molecule has 0 aromatic carbocycles. The van der Waals surface area contributed by atoms with Crippen molar-refractivity contribution in [2.75, 3.05) is 25.0 Å². The molecule has 3 fully saturated rings. The molecule has 98 valence electrons. The summed E-state index contributed by atoms with van der Waals surface area (Å²) in [7, 11) is 2.26. The van der Waals surface area contributed by atoms with Crippen molar-refractivity contribution in [3.8, 4) is 0 Å². The van der Waals surface area contributed by atoms with Crippen LogP contribution >= 0.6 is 0 Å². The monoisotopic (exact) mass is 248 g/mol. The number of hydrogen-bond acceptors (Lipinski definition) is 5. The van der Waals surface area contributed by atoms with Crippen LogP contribution in [0, 0.1) is 0 Å². The molecule has 1 aromatic heterocycles. The van der Waals surface area contributed by atoms with Crippen molar-refractivity contribution >= 4 is 6.01 Å². The van der Waals surface area contributed by atoms with Crippen LogP contribution in [0.5, 0.6) is 0 Å². The van der Waals surface area contributed by atoms with Gasteiger partial charge >= 0.3 is 6.01 Å². The average molecular weight is 248 g/mol. The van der Waals surface area contributed by atoms with E-state index < -0.39 is 0 Å². The molecular weight excluding hydrogens is 228 g/mol. The van der Waals surface area contributed by atoms with E-state index in [1.165, 1.54) is 32.1 Å². The van der Waals surface area contributed by atoms with Crippen molar-refractivity contribution in [1.29, 1.82) is 0 Å². The molecule has 0 unspecified atom stereocenters. The van der Waals surface area contributed by atoms with Gasteiger partial charge in [0.1, 0.15) is 0 Å². The number of hydrogen-bond donors (Lipinski definition) is 0. The zero-order chi connectivity index (χ0) is 12.1. The van der Waals surface area contributed by atoms with Crippen LogP contribution in [0.2, 0.25) is 0 Å². The molecule has 2 aliphatic heterocycles. The van der Waals surface area contributed by atoms with Gasteiger partial charge in [-0.2, -0.15) is 0 Å². The number of fused-ring (bicyclic) bond motifs is 2. The van der Waals surface area contributed by atoms with Gasteiger partial charge in [-0.15, -0.1) is 5.10 Å². The van der Waals surface area contributed by atoms with E-state index in [1.807, 2.05) is 0 Å². The molecule has 3 aliphatic rings. The summed E-state index contributed by atoms with van der Waals surface area (Å²) in [6.45, 7) is 2.09. The summed E-state index contributed by atoms with van der Waals surface area (Å²) in [6, 6.07) is 2.16. The van der Waals surface area contributed by atoms with E-state index in [0.717, 1.165) is 31.0 Å². The van der Waals surface area contributed by atoms with Crippen LogP contribution < -0.4 is 4.90 Å². The number of nitrogens with zero attached hydrogens (tertiary/aromatic N) is 4. The van der Waals surface area contributed by atoms with Crippen LogP contribution in [-0.4, -0.2) is 47.3 Å². The fraction of sp³-hybridized carbons (Fsp3) is 0.846. The number of rotatable bonds is 2. The number of likely N-dealkylation sites (N-methyl/N-ethyl adjacent to an activating group) is 1. The quantitative estimate of drug-likeness (QED) is 0.796. The second-order valence-electron chi connectivity index (χ2n) is 5.98. The Morgan fingerprint density at radius 1 is 1.06 bits per heavy atom. The van der Waals surface area contributed by atoms with E-state index >= 15 is 0 Å². The molecule has 5 heteroatoms. The summed E-state index contributed by atoms with van der Waals surface area (Å²) in [5.41, 5.74) is 0. The highest BCUT2D eigenvalue weighted by Gasteiger charge is 2.36. The topological polar surface area (TPSA) is 45.4 Å². The second kappa shape index (κ2) is 3.95. The predicted octanol–water partition coefficient (Wildman–Crippen LogP) is 1.62. The van der Waals surface area contributed by atoms with E-state index in [-0.39, 0.29) is 0 Å². The lowest BCUT2D eigenvalue weighted by Crippen LogP contribution is -2.36. The highest BCUT2D eigenvalue weighted by molar-refractivity contribution is 5.27. The first-order valence-electron chi connectivity index (χ1n) is 7.11. The first-order chi connectivity index (χ1) is 8.81. The fourth-order valence-electron chi connectivity index (χ4n) is 3.33. The Morgan fingerprint density at radius 2 is 1.89 bits per heavy atom. The molecule has 1 aliphatic carbocycles. The fourth-order valence-corrected chi connectivity index (χ4v) is 3.33. The molecule has 18 heavy (non-hydrogen) atoms. The maximum Gasteiger partial charge on any atom is 0.318 e. The Morgan fingerprint density at radius 3 is 2.72 bits per heavy atom. The summed E-state index contributed by atoms with van der Waals surface area (Å²) in [5.74, 6) is 1.41. The van der Waals surface area contributed by atoms with Crippen LogP contribution in [0.25, 0.3) is 0 Å². The molecule has 1 saturated carbocycles. The van der Waals surface area contributed by atoms with Crippen molar-refractivity contribution in [2.24, 2.45) is 0 Å². The van der Waals surface area contributed by atoms with Crippen molar-refractivity contribution in [2.45, 2.75) is 50.1 Å². The van der Waals surface area contributed by atoms with Crippen LogP contribution in [0.3, 0.4) is 0 Å². The molecule has 0 radical (unpaired) electrons. The Hall–Kier alpha value is -1.10. The highest BCUT2D eigenvalue weighted by Crippen LogP contribution is 2.40. The van der Waals surface area contributed by atoms with Gasteiger partial charge in [0.2, 0.25) is 5.89 Å². The van der Waals surface area contributed by atoms with Crippen LogP contribution in [-0.2, 0) is 0 Å². The van der Waals surface area contributed by atoms with Crippen LogP contribution in [0.4, 0.5) is 6.01 Å². The van der Waals surface area contributed by atoms with Gasteiger partial charge in [-0.3, -0.25) is 4.90 Å². The number of anilines is 1. The first kappa shape index (κ1) is 10.8. The molecule has 3 heterocycles. The predicted molar refractivity (Wildman–Crippen MR) is 67.7 cm³/mol. The number of aromatic nitrogens is 2. The van der Waals surface area contributed by atoms with E-state index in [9.17, 15) is 0 Å². The third kappa shape index (κ3) is 1.72. The van der Waals surface area contributed by atoms with Gasteiger partial charge in [-0.05, 0) is 39.2 Å². The summed E-state index contributed by atoms with van der Waals surface area (Å²) >= 11 is 0. The lowest BCUT2D eigenvalue weighted by atomic mass is 10.1. The Labute approximate surface area is 107 Å². The standard InChI is InChI=1S/C13H20N4O/c1-16-10-4-5-11(16)8-17(7-6-10)13-15-14-12(18-13)9-2-3-9/h9-11H,2-8H2,1H3/t10-,11+/m1/s1. The average Bonchev–Trinajstić information content (AvgIpc) is 3.02. The second-order valence-corrected chi connectivity index (χ2v) is 5.98. The Bertz CT molecular complexity index is 442.